The highest BCUT2D eigenvalue weighted by Gasteiger charge is 2.53. The molecule has 0 unspecified atom stereocenters. The molecule has 0 radical (unpaired) electrons. The molecule has 6 rings (SSSR count). The molecule has 48 heavy (non-hydrogen) atoms. The predicted octanol–water partition coefficient (Wildman–Crippen LogP) is 3.94. The zero-order valence-corrected chi connectivity index (χ0v) is 26.7. The van der Waals surface area contributed by atoms with Gasteiger partial charge in [-0.3, -0.25) is 19.4 Å². The Balaban J connectivity index is 1.24. The molecule has 0 spiro atoms. The quantitative estimate of drug-likeness (QED) is 0.280. The first kappa shape index (κ1) is 32.7. The summed E-state index contributed by atoms with van der Waals surface area (Å²) in [6.07, 6.45) is 2.39. The maximum Gasteiger partial charge on any atom is 0.414 e. The van der Waals surface area contributed by atoms with E-state index < -0.39 is 29.6 Å². The average molecular weight is 655 g/mol. The van der Waals surface area contributed by atoms with Gasteiger partial charge in [0.15, 0.2) is 5.60 Å². The first-order chi connectivity index (χ1) is 23.2. The van der Waals surface area contributed by atoms with Crippen LogP contribution in [0.3, 0.4) is 0 Å². The van der Waals surface area contributed by atoms with Crippen molar-refractivity contribution in [1.29, 1.82) is 0 Å². The van der Waals surface area contributed by atoms with Crippen LogP contribution in [-0.4, -0.2) is 78.6 Å². The zero-order valence-electron chi connectivity index (χ0n) is 26.7. The summed E-state index contributed by atoms with van der Waals surface area (Å²) >= 11 is 0. The number of aliphatic hydroxyl groups excluding tert-OH is 1. The molecule has 3 aliphatic heterocycles. The molecule has 2 saturated heterocycles. The van der Waals surface area contributed by atoms with E-state index in [-0.39, 0.29) is 38.6 Å². The number of anilines is 3. The molecule has 12 nitrogen and oxygen atoms in total. The van der Waals surface area contributed by atoms with Gasteiger partial charge in [0.05, 0.1) is 31.9 Å². The van der Waals surface area contributed by atoms with E-state index in [1.165, 1.54) is 14.7 Å². The molecule has 250 valence electrons. The molecule has 0 saturated carbocycles. The van der Waals surface area contributed by atoms with E-state index in [9.17, 15) is 29.4 Å². The Hall–Kier alpha value is -5.20. The number of hydrogen-bond donors (Lipinski definition) is 2. The summed E-state index contributed by atoms with van der Waals surface area (Å²) in [4.78, 5) is 57.8. The lowest BCUT2D eigenvalue weighted by atomic mass is 9.82. The molecule has 2 N–H and O–H groups in total. The number of fused-ring (bicyclic) bond motifs is 1. The molecule has 2 atom stereocenters. The summed E-state index contributed by atoms with van der Waals surface area (Å²) in [6, 6.07) is 21.8. The molecule has 0 aromatic heterocycles. The first-order valence-corrected chi connectivity index (χ1v) is 16.0. The number of carbonyl (C=O) groups excluding carboxylic acids is 4. The highest BCUT2D eigenvalue weighted by atomic mass is 16.6. The van der Waals surface area contributed by atoms with Crippen LogP contribution >= 0.6 is 0 Å². The second-order valence-electron chi connectivity index (χ2n) is 12.0. The molecular weight excluding hydrogens is 616 g/mol. The van der Waals surface area contributed by atoms with Gasteiger partial charge in [-0.2, -0.15) is 0 Å². The molecule has 4 amide bonds. The third kappa shape index (κ3) is 6.36. The molecule has 0 aliphatic carbocycles. The summed E-state index contributed by atoms with van der Waals surface area (Å²) in [6.45, 7) is 3.56. The van der Waals surface area contributed by atoms with E-state index >= 15 is 0 Å². The van der Waals surface area contributed by atoms with Crippen LogP contribution in [-0.2, 0) is 37.8 Å². The fraction of sp³-hybridized carbons (Fsp3) is 0.333. The largest absolute Gasteiger partial charge is 0.447 e. The Labute approximate surface area is 278 Å². The van der Waals surface area contributed by atoms with Crippen LogP contribution in [0.4, 0.5) is 26.7 Å². The molecule has 0 bridgehead atoms. The van der Waals surface area contributed by atoms with Gasteiger partial charge in [0, 0.05) is 42.4 Å². The van der Waals surface area contributed by atoms with Crippen molar-refractivity contribution in [3.05, 3.63) is 102 Å². The van der Waals surface area contributed by atoms with Gasteiger partial charge >= 0.3 is 12.2 Å². The topological polar surface area (TPSA) is 140 Å². The number of benzene rings is 3. The van der Waals surface area contributed by atoms with Gasteiger partial charge in [-0.05, 0) is 41.5 Å². The van der Waals surface area contributed by atoms with Crippen molar-refractivity contribution < 1.29 is 38.9 Å². The minimum absolute atomic E-state index is 0.00851. The van der Waals surface area contributed by atoms with Gasteiger partial charge in [-0.15, -0.1) is 0 Å². The summed E-state index contributed by atoms with van der Waals surface area (Å²) < 4.78 is 10.1. The minimum Gasteiger partial charge on any atom is -0.447 e. The lowest BCUT2D eigenvalue weighted by molar-refractivity contribution is -0.139. The van der Waals surface area contributed by atoms with Crippen LogP contribution in [0.5, 0.6) is 0 Å². The summed E-state index contributed by atoms with van der Waals surface area (Å²) in [5.41, 5.74) is 1.74. The SMILES string of the molecule is C[C@H](/C=C/CC(=O)N(CCO)Cc1ccccc1)[C@@]1(O)C(=O)N(Cc2ccc(N3CCOC3=O)cc2)c2ccc(N3CCOC3=O)cc21. The number of hydrogen-bond acceptors (Lipinski definition) is 8. The van der Waals surface area contributed by atoms with Crippen LogP contribution in [0.1, 0.15) is 30.0 Å². The number of rotatable bonds is 12. The normalized spacial score (nSPS) is 19.6. The number of cyclic esters (lactones) is 2. The van der Waals surface area contributed by atoms with Crippen molar-refractivity contribution in [2.45, 2.75) is 32.0 Å². The molecule has 2 fully saturated rings. The van der Waals surface area contributed by atoms with E-state index in [0.717, 1.165) is 11.1 Å². The van der Waals surface area contributed by atoms with Gasteiger partial charge in [0.25, 0.3) is 5.91 Å². The van der Waals surface area contributed by atoms with Crippen molar-refractivity contribution in [2.75, 3.05) is 54.2 Å². The van der Waals surface area contributed by atoms with Crippen molar-refractivity contribution >= 4 is 41.1 Å². The summed E-state index contributed by atoms with van der Waals surface area (Å²) in [7, 11) is 0. The van der Waals surface area contributed by atoms with Gasteiger partial charge in [0.2, 0.25) is 5.91 Å². The van der Waals surface area contributed by atoms with Crippen LogP contribution in [0.15, 0.2) is 84.9 Å². The highest BCUT2D eigenvalue weighted by molar-refractivity contribution is 6.08. The fourth-order valence-corrected chi connectivity index (χ4v) is 6.34. The number of ether oxygens (including phenoxy) is 2. The summed E-state index contributed by atoms with van der Waals surface area (Å²) in [5.74, 6) is -1.50. The maximum absolute atomic E-state index is 14.2. The minimum atomic E-state index is -2.00. The van der Waals surface area contributed by atoms with E-state index in [0.29, 0.717) is 48.9 Å². The molecule has 3 aromatic rings. The molecular formula is C36H38N4O8. The monoisotopic (exact) mass is 654 g/mol. The average Bonchev–Trinajstić information content (AvgIpc) is 3.78. The number of carbonyl (C=O) groups is 4. The van der Waals surface area contributed by atoms with Crippen molar-refractivity contribution in [2.24, 2.45) is 5.92 Å². The number of amides is 4. The van der Waals surface area contributed by atoms with Gasteiger partial charge in [-0.25, -0.2) is 9.59 Å². The van der Waals surface area contributed by atoms with E-state index in [4.69, 9.17) is 9.47 Å². The fourth-order valence-electron chi connectivity index (χ4n) is 6.34. The van der Waals surface area contributed by atoms with Gasteiger partial charge in [-0.1, -0.05) is 61.5 Å². The second-order valence-corrected chi connectivity index (χ2v) is 12.0. The smallest absolute Gasteiger partial charge is 0.414 e. The van der Waals surface area contributed by atoms with Crippen LogP contribution in [0, 0.1) is 5.92 Å². The zero-order chi connectivity index (χ0) is 33.8. The Morgan fingerprint density at radius 1 is 0.917 bits per heavy atom. The van der Waals surface area contributed by atoms with Crippen molar-refractivity contribution in [1.82, 2.24) is 4.90 Å². The van der Waals surface area contributed by atoms with E-state index in [2.05, 4.69) is 0 Å². The van der Waals surface area contributed by atoms with Crippen molar-refractivity contribution in [3.8, 4) is 0 Å². The third-order valence-corrected chi connectivity index (χ3v) is 8.99. The Kier molecular flexibility index (Phi) is 9.47. The van der Waals surface area contributed by atoms with E-state index in [1.54, 1.807) is 54.3 Å². The number of aliphatic hydroxyl groups is 2. The third-order valence-electron chi connectivity index (χ3n) is 8.99. The first-order valence-electron chi connectivity index (χ1n) is 16.0. The Bertz CT molecular complexity index is 1710. The molecule has 3 aromatic carbocycles. The van der Waals surface area contributed by atoms with Gasteiger partial charge < -0.3 is 29.5 Å². The second kappa shape index (κ2) is 13.9. The molecule has 3 heterocycles. The Morgan fingerprint density at radius 2 is 1.56 bits per heavy atom. The Morgan fingerprint density at radius 3 is 2.19 bits per heavy atom. The standard InChI is InChI=1S/C36H38N4O8/c1-25(6-5-9-32(42)37(16-19-41)23-26-7-3-2-4-8-26)36(46)30-22-29(39-18-21-48-35(39)45)14-15-31(30)40(33(36)43)24-27-10-12-28(13-11-27)38-17-20-47-34(38)44/h2-8,10-15,22,25,41,46H,9,16-21,23-24H2,1H3/b6-5+/t25-,36+/m1/s1. The lowest BCUT2D eigenvalue weighted by Gasteiger charge is -2.28. The molecule has 3 aliphatic rings. The van der Waals surface area contributed by atoms with Crippen LogP contribution in [0.25, 0.3) is 0 Å². The predicted molar refractivity (Wildman–Crippen MR) is 177 cm³/mol. The van der Waals surface area contributed by atoms with Gasteiger partial charge in [0.1, 0.15) is 13.2 Å². The summed E-state index contributed by atoms with van der Waals surface area (Å²) in [5, 5.41) is 21.8. The molecule has 12 heteroatoms. The maximum atomic E-state index is 14.2. The number of nitrogens with zero attached hydrogens (tertiary/aromatic N) is 4. The highest BCUT2D eigenvalue weighted by Crippen LogP contribution is 2.47. The van der Waals surface area contributed by atoms with E-state index in [1.807, 2.05) is 42.5 Å². The van der Waals surface area contributed by atoms with Crippen molar-refractivity contribution in [3.63, 3.8) is 0 Å². The lowest BCUT2D eigenvalue weighted by Crippen LogP contribution is -2.44. The van der Waals surface area contributed by atoms with Crippen LogP contribution < -0.4 is 14.7 Å². The van der Waals surface area contributed by atoms with Crippen LogP contribution in [0.2, 0.25) is 0 Å².